The second-order valence-electron chi connectivity index (χ2n) is 9.15. The van der Waals surface area contributed by atoms with Crippen LogP contribution in [0.1, 0.15) is 37.8 Å². The third kappa shape index (κ3) is 5.31. The normalized spacial score (nSPS) is 16.0. The lowest BCUT2D eigenvalue weighted by atomic mass is 9.83. The fraction of sp³-hybridized carbons (Fsp3) is 0.192. The van der Waals surface area contributed by atoms with E-state index in [1.807, 2.05) is 0 Å². The van der Waals surface area contributed by atoms with Gasteiger partial charge in [-0.25, -0.2) is 4.79 Å². The van der Waals surface area contributed by atoms with E-state index in [0.717, 1.165) is 15.9 Å². The molecular weight excluding hydrogens is 576 g/mol. The Morgan fingerprint density at radius 3 is 2.30 bits per heavy atom. The molecule has 0 fully saturated rings. The van der Waals surface area contributed by atoms with Crippen molar-refractivity contribution in [2.45, 2.75) is 32.3 Å². The van der Waals surface area contributed by atoms with Gasteiger partial charge < -0.3 is 10.5 Å². The molecule has 2 N–H and O–H groups in total. The average Bonchev–Trinajstić information content (AvgIpc) is 3.10. The fourth-order valence-electron chi connectivity index (χ4n) is 3.89. The Morgan fingerprint density at radius 2 is 1.73 bits per heavy atom. The summed E-state index contributed by atoms with van der Waals surface area (Å²) in [6.07, 6.45) is 1.58. The molecule has 1 aliphatic heterocycles. The van der Waals surface area contributed by atoms with E-state index < -0.39 is 23.0 Å². The molecule has 190 valence electrons. The minimum absolute atomic E-state index is 0.0702. The number of nitrogens with two attached hydrogens (primary N) is 1. The summed E-state index contributed by atoms with van der Waals surface area (Å²) in [5.74, 6) is -1.92. The average molecular weight is 595 g/mol. The molecule has 0 bridgehead atoms. The van der Waals surface area contributed by atoms with Gasteiger partial charge in [-0.2, -0.15) is 5.26 Å². The van der Waals surface area contributed by atoms with Gasteiger partial charge in [0.2, 0.25) is 0 Å². The molecule has 0 spiro atoms. The highest BCUT2D eigenvalue weighted by Gasteiger charge is 2.38. The van der Waals surface area contributed by atoms with Gasteiger partial charge in [0, 0.05) is 20.1 Å². The van der Waals surface area contributed by atoms with Gasteiger partial charge in [0.05, 0.1) is 27.7 Å². The highest BCUT2D eigenvalue weighted by atomic mass is 35.5. The zero-order valence-electron chi connectivity index (χ0n) is 19.7. The SMILES string of the molecule is CC(C)(C)OC(=O)C1=C(N)n2c(sc(=Cc3ccc(Cl)cc3Cl)c2=O)=C(C#N)C1c1ccc(Cl)cc1Cl. The maximum atomic E-state index is 13.5. The summed E-state index contributed by atoms with van der Waals surface area (Å²) in [5, 5.41) is 11.7. The number of fused-ring (bicyclic) bond motifs is 1. The van der Waals surface area contributed by atoms with Crippen LogP contribution in [0, 0.1) is 11.3 Å². The maximum absolute atomic E-state index is 13.5. The number of aromatic nitrogens is 1. The Morgan fingerprint density at radius 1 is 1.11 bits per heavy atom. The molecule has 0 saturated heterocycles. The van der Waals surface area contributed by atoms with Crippen molar-refractivity contribution in [3.63, 3.8) is 0 Å². The van der Waals surface area contributed by atoms with Crippen molar-refractivity contribution in [2.75, 3.05) is 0 Å². The van der Waals surface area contributed by atoms with Gasteiger partial charge in [-0.05, 0) is 62.2 Å². The van der Waals surface area contributed by atoms with Crippen LogP contribution in [0.4, 0.5) is 0 Å². The summed E-state index contributed by atoms with van der Waals surface area (Å²) in [6.45, 7) is 5.11. The van der Waals surface area contributed by atoms with E-state index in [2.05, 4.69) is 6.07 Å². The Kier molecular flexibility index (Phi) is 7.53. The van der Waals surface area contributed by atoms with E-state index in [9.17, 15) is 14.9 Å². The summed E-state index contributed by atoms with van der Waals surface area (Å²) in [7, 11) is 0. The van der Waals surface area contributed by atoms with Crippen molar-refractivity contribution in [3.8, 4) is 6.07 Å². The fourth-order valence-corrected chi connectivity index (χ4v) is 5.99. The topological polar surface area (TPSA) is 98.1 Å². The first kappa shape index (κ1) is 27.3. The number of ether oxygens (including phenoxy) is 1. The van der Waals surface area contributed by atoms with Crippen LogP contribution in [0.25, 0.3) is 17.5 Å². The molecule has 4 rings (SSSR count). The second-order valence-corrected chi connectivity index (χ2v) is 11.9. The van der Waals surface area contributed by atoms with Gasteiger partial charge in [-0.3, -0.25) is 9.36 Å². The van der Waals surface area contributed by atoms with Crippen molar-refractivity contribution in [1.82, 2.24) is 4.57 Å². The van der Waals surface area contributed by atoms with Gasteiger partial charge in [-0.1, -0.05) is 58.5 Å². The Balaban J connectivity index is 2.09. The van der Waals surface area contributed by atoms with Crippen molar-refractivity contribution in [3.05, 3.63) is 92.7 Å². The molecule has 1 atom stereocenters. The molecule has 0 amide bonds. The van der Waals surface area contributed by atoms with Crippen LogP contribution in [0.15, 0.2) is 46.8 Å². The molecule has 0 radical (unpaired) electrons. The van der Waals surface area contributed by atoms with Crippen molar-refractivity contribution in [2.24, 2.45) is 5.73 Å². The van der Waals surface area contributed by atoms with E-state index in [0.29, 0.717) is 26.2 Å². The molecule has 1 unspecified atom stereocenters. The summed E-state index contributed by atoms with van der Waals surface area (Å²) in [5.41, 5.74) is 6.12. The summed E-state index contributed by atoms with van der Waals surface area (Å²) in [4.78, 5) is 27.0. The van der Waals surface area contributed by atoms with Crippen molar-refractivity contribution in [1.29, 1.82) is 5.26 Å². The first-order valence-electron chi connectivity index (χ1n) is 10.8. The van der Waals surface area contributed by atoms with E-state index in [1.54, 1.807) is 57.2 Å². The highest BCUT2D eigenvalue weighted by molar-refractivity contribution is 7.07. The first-order chi connectivity index (χ1) is 17.3. The molecule has 0 saturated carbocycles. The summed E-state index contributed by atoms with van der Waals surface area (Å²) >= 11 is 26.0. The standard InChI is InChI=1S/C26H19Cl4N3O3S/c1-26(2,3)36-25(35)21-20(15-7-6-14(28)10-18(15)30)16(11-31)24-33(22(21)32)23(34)19(37-24)8-12-4-5-13(27)9-17(12)29/h4-10,20H,32H2,1-3H3. The predicted octanol–water partition coefficient (Wildman–Crippen LogP) is 5.29. The van der Waals surface area contributed by atoms with Gasteiger partial charge in [0.25, 0.3) is 5.56 Å². The van der Waals surface area contributed by atoms with Gasteiger partial charge in [0.1, 0.15) is 16.1 Å². The number of esters is 1. The monoisotopic (exact) mass is 593 g/mol. The molecule has 6 nitrogen and oxygen atoms in total. The largest absolute Gasteiger partial charge is 0.456 e. The first-order valence-corrected chi connectivity index (χ1v) is 13.2. The predicted molar refractivity (Wildman–Crippen MR) is 149 cm³/mol. The third-order valence-electron chi connectivity index (χ3n) is 5.41. The molecule has 0 aliphatic carbocycles. The Labute approximate surface area is 236 Å². The van der Waals surface area contributed by atoms with Crippen LogP contribution in [0.3, 0.4) is 0 Å². The number of carbonyl (C=O) groups excluding carboxylic acids is 1. The van der Waals surface area contributed by atoms with Gasteiger partial charge in [-0.15, -0.1) is 11.3 Å². The van der Waals surface area contributed by atoms with Crippen LogP contribution >= 0.6 is 57.7 Å². The number of hydrogen-bond donors (Lipinski definition) is 1. The number of carbonyl (C=O) groups is 1. The number of nitrogens with zero attached hydrogens (tertiary/aromatic N) is 2. The van der Waals surface area contributed by atoms with Crippen LogP contribution in [0.2, 0.25) is 20.1 Å². The number of hydrogen-bond acceptors (Lipinski definition) is 6. The lowest BCUT2D eigenvalue weighted by Gasteiger charge is -2.28. The van der Waals surface area contributed by atoms with Crippen LogP contribution in [-0.4, -0.2) is 16.1 Å². The molecule has 2 heterocycles. The quantitative estimate of drug-likeness (QED) is 0.415. The van der Waals surface area contributed by atoms with E-state index in [1.165, 1.54) is 6.07 Å². The van der Waals surface area contributed by atoms with E-state index in [4.69, 9.17) is 56.9 Å². The molecular formula is C26H19Cl4N3O3S. The molecule has 37 heavy (non-hydrogen) atoms. The zero-order valence-corrected chi connectivity index (χ0v) is 23.6. The lowest BCUT2D eigenvalue weighted by molar-refractivity contribution is -0.150. The number of halogens is 4. The molecule has 1 aromatic heterocycles. The Hall–Kier alpha value is -2.73. The van der Waals surface area contributed by atoms with Gasteiger partial charge >= 0.3 is 5.97 Å². The summed E-state index contributed by atoms with van der Waals surface area (Å²) in [6, 6.07) is 11.8. The highest BCUT2D eigenvalue weighted by Crippen LogP contribution is 2.41. The molecule has 3 aromatic rings. The minimum Gasteiger partial charge on any atom is -0.456 e. The van der Waals surface area contributed by atoms with Gasteiger partial charge in [0.15, 0.2) is 0 Å². The number of benzene rings is 2. The minimum atomic E-state index is -0.991. The molecule has 2 aromatic carbocycles. The molecule has 1 aliphatic rings. The number of thiazole rings is 1. The maximum Gasteiger partial charge on any atom is 0.339 e. The lowest BCUT2D eigenvalue weighted by Crippen LogP contribution is -2.41. The van der Waals surface area contributed by atoms with E-state index >= 15 is 0 Å². The van der Waals surface area contributed by atoms with Crippen LogP contribution < -0.4 is 20.5 Å². The number of rotatable bonds is 3. The molecule has 11 heteroatoms. The summed E-state index contributed by atoms with van der Waals surface area (Å²) < 4.78 is 7.29. The van der Waals surface area contributed by atoms with Crippen molar-refractivity contribution < 1.29 is 9.53 Å². The van der Waals surface area contributed by atoms with Crippen LogP contribution in [0.5, 0.6) is 0 Å². The Bertz CT molecular complexity index is 1710. The van der Waals surface area contributed by atoms with Crippen LogP contribution in [-0.2, 0) is 9.53 Å². The third-order valence-corrected chi connectivity index (χ3v) is 7.64. The van der Waals surface area contributed by atoms with E-state index in [-0.39, 0.29) is 31.2 Å². The van der Waals surface area contributed by atoms with Crippen molar-refractivity contribution >= 4 is 81.2 Å². The number of nitriles is 1. The second kappa shape index (κ2) is 10.2. The smallest absolute Gasteiger partial charge is 0.339 e. The zero-order chi connectivity index (χ0) is 27.2.